The summed E-state index contributed by atoms with van der Waals surface area (Å²) in [4.78, 5) is 0. The standard InChI is InChI=1S/C34H32NO/c36-34(32-19-9-7-17-30(32)31-18-8-10-20-33(31)34)22-11-12-23-35(25-27-13-3-1-4-14-27)24-21-29(26-35)28-15-5-2-6-16-28/h1-10,13-20,29,36H,21-26H2/q+1/t29-,35+/m1/s1. The van der Waals surface area contributed by atoms with Gasteiger partial charge in [0, 0.05) is 24.3 Å². The van der Waals surface area contributed by atoms with Crippen LogP contribution in [0.3, 0.4) is 0 Å². The van der Waals surface area contributed by atoms with Crippen molar-refractivity contribution in [2.75, 3.05) is 19.6 Å². The first kappa shape index (κ1) is 22.8. The van der Waals surface area contributed by atoms with E-state index in [2.05, 4.69) is 84.6 Å². The predicted molar refractivity (Wildman–Crippen MR) is 146 cm³/mol. The molecule has 0 bridgehead atoms. The molecule has 0 saturated carbocycles. The van der Waals surface area contributed by atoms with Crippen molar-refractivity contribution in [2.24, 2.45) is 0 Å². The Kier molecular flexibility index (Phi) is 5.97. The first-order chi connectivity index (χ1) is 17.7. The van der Waals surface area contributed by atoms with Crippen molar-refractivity contribution in [3.63, 3.8) is 0 Å². The average Bonchev–Trinajstić information content (AvgIpc) is 3.46. The van der Waals surface area contributed by atoms with Gasteiger partial charge in [0.1, 0.15) is 18.7 Å². The largest absolute Gasteiger partial charge is 0.379 e. The third-order valence-electron chi connectivity index (χ3n) is 8.11. The molecule has 2 heteroatoms. The molecule has 1 heterocycles. The summed E-state index contributed by atoms with van der Waals surface area (Å²) in [6.45, 7) is 4.02. The molecule has 0 amide bonds. The maximum atomic E-state index is 11.9. The topological polar surface area (TPSA) is 20.2 Å². The first-order valence-corrected chi connectivity index (χ1v) is 13.0. The van der Waals surface area contributed by atoms with E-state index >= 15 is 0 Å². The summed E-state index contributed by atoms with van der Waals surface area (Å²) >= 11 is 0. The molecule has 36 heavy (non-hydrogen) atoms. The van der Waals surface area contributed by atoms with Crippen LogP contribution in [-0.4, -0.2) is 29.2 Å². The molecule has 2 nitrogen and oxygen atoms in total. The quantitative estimate of drug-likeness (QED) is 0.261. The van der Waals surface area contributed by atoms with Crippen molar-refractivity contribution in [1.29, 1.82) is 0 Å². The molecule has 1 fully saturated rings. The number of aliphatic hydroxyl groups is 1. The van der Waals surface area contributed by atoms with E-state index in [1.54, 1.807) is 0 Å². The van der Waals surface area contributed by atoms with Gasteiger partial charge in [-0.15, -0.1) is 0 Å². The zero-order valence-electron chi connectivity index (χ0n) is 20.6. The maximum absolute atomic E-state index is 11.9. The molecule has 2 atom stereocenters. The van der Waals surface area contributed by atoms with E-state index < -0.39 is 5.60 Å². The molecule has 1 aliphatic carbocycles. The van der Waals surface area contributed by atoms with Gasteiger partial charge in [-0.25, -0.2) is 0 Å². The molecule has 0 aromatic heterocycles. The highest BCUT2D eigenvalue weighted by Gasteiger charge is 2.41. The van der Waals surface area contributed by atoms with Gasteiger partial charge in [-0.2, -0.15) is 0 Å². The highest BCUT2D eigenvalue weighted by Crippen LogP contribution is 2.48. The summed E-state index contributed by atoms with van der Waals surface area (Å²) in [6.07, 6.45) is 1.59. The lowest BCUT2D eigenvalue weighted by Crippen LogP contribution is -2.45. The van der Waals surface area contributed by atoms with Crippen LogP contribution in [0.15, 0.2) is 109 Å². The normalized spacial score (nSPS) is 21.3. The summed E-state index contributed by atoms with van der Waals surface area (Å²) in [5.41, 5.74) is 5.93. The van der Waals surface area contributed by atoms with E-state index in [-0.39, 0.29) is 0 Å². The summed E-state index contributed by atoms with van der Waals surface area (Å²) in [5.74, 6) is 7.53. The van der Waals surface area contributed by atoms with E-state index in [0.717, 1.165) is 52.9 Å². The Morgan fingerprint density at radius 2 is 1.31 bits per heavy atom. The number of nitrogens with zero attached hydrogens (tertiary/aromatic N) is 1. The molecular formula is C34H32NO+. The Hall–Kier alpha value is -3.64. The van der Waals surface area contributed by atoms with E-state index in [0.29, 0.717) is 12.3 Å². The van der Waals surface area contributed by atoms with Gasteiger partial charge in [0.15, 0.2) is 0 Å². The Labute approximate surface area is 214 Å². The van der Waals surface area contributed by atoms with Crippen molar-refractivity contribution in [2.45, 2.75) is 30.9 Å². The molecule has 0 radical (unpaired) electrons. The number of likely N-dealkylation sites (tertiary alicyclic amines) is 1. The van der Waals surface area contributed by atoms with Gasteiger partial charge in [0.25, 0.3) is 0 Å². The molecule has 178 valence electrons. The molecular weight excluding hydrogens is 438 g/mol. The summed E-state index contributed by atoms with van der Waals surface area (Å²) in [5, 5.41) is 11.9. The second kappa shape index (κ2) is 9.43. The smallest absolute Gasteiger partial charge is 0.141 e. The zero-order valence-corrected chi connectivity index (χ0v) is 20.6. The van der Waals surface area contributed by atoms with Crippen LogP contribution in [0.1, 0.15) is 41.0 Å². The van der Waals surface area contributed by atoms with Gasteiger partial charge in [-0.05, 0) is 33.7 Å². The van der Waals surface area contributed by atoms with Crippen LogP contribution in [0.2, 0.25) is 0 Å². The summed E-state index contributed by atoms with van der Waals surface area (Å²) < 4.78 is 0.974. The fraction of sp³-hybridized carbons (Fsp3) is 0.235. The molecule has 1 saturated heterocycles. The second-order valence-corrected chi connectivity index (χ2v) is 10.4. The Bertz CT molecular complexity index is 1370. The minimum Gasteiger partial charge on any atom is -0.379 e. The molecule has 1 N–H and O–H groups in total. The number of fused-ring (bicyclic) bond motifs is 3. The molecule has 0 spiro atoms. The number of hydrogen-bond donors (Lipinski definition) is 1. The molecule has 4 aromatic rings. The van der Waals surface area contributed by atoms with Crippen LogP contribution in [-0.2, 0) is 12.1 Å². The van der Waals surface area contributed by atoms with Crippen molar-refractivity contribution in [3.8, 4) is 23.0 Å². The number of hydrogen-bond acceptors (Lipinski definition) is 1. The van der Waals surface area contributed by atoms with Crippen LogP contribution < -0.4 is 0 Å². The van der Waals surface area contributed by atoms with Gasteiger partial charge >= 0.3 is 0 Å². The predicted octanol–water partition coefficient (Wildman–Crippen LogP) is 6.50. The third kappa shape index (κ3) is 4.16. The minimum absolute atomic E-state index is 0.411. The summed E-state index contributed by atoms with van der Waals surface area (Å²) in [7, 11) is 0. The van der Waals surface area contributed by atoms with Gasteiger partial charge in [0.05, 0.1) is 13.1 Å². The number of rotatable bonds is 5. The van der Waals surface area contributed by atoms with E-state index in [1.165, 1.54) is 17.5 Å². The van der Waals surface area contributed by atoms with E-state index in [9.17, 15) is 5.11 Å². The molecule has 2 aliphatic rings. The monoisotopic (exact) mass is 470 g/mol. The maximum Gasteiger partial charge on any atom is 0.141 e. The van der Waals surface area contributed by atoms with Gasteiger partial charge in [-0.3, -0.25) is 0 Å². The lowest BCUT2D eigenvalue weighted by Gasteiger charge is -2.33. The molecule has 1 aliphatic heterocycles. The third-order valence-corrected chi connectivity index (χ3v) is 8.11. The Balaban J connectivity index is 1.26. The first-order valence-electron chi connectivity index (χ1n) is 13.0. The van der Waals surface area contributed by atoms with E-state index in [1.807, 2.05) is 36.4 Å². The van der Waals surface area contributed by atoms with Gasteiger partial charge in [-0.1, -0.05) is 115 Å². The van der Waals surface area contributed by atoms with Crippen LogP contribution in [0.25, 0.3) is 11.1 Å². The van der Waals surface area contributed by atoms with Crippen LogP contribution >= 0.6 is 0 Å². The average molecular weight is 471 g/mol. The number of benzene rings is 4. The van der Waals surface area contributed by atoms with Gasteiger partial charge in [0.2, 0.25) is 0 Å². The zero-order chi connectivity index (χ0) is 24.4. The van der Waals surface area contributed by atoms with Crippen molar-refractivity contribution < 1.29 is 9.59 Å². The van der Waals surface area contributed by atoms with Crippen molar-refractivity contribution >= 4 is 0 Å². The number of quaternary nitrogens is 1. The van der Waals surface area contributed by atoms with Crippen molar-refractivity contribution in [1.82, 2.24) is 0 Å². The SMILES string of the molecule is OC1(CC#CC[N@@+]2(Cc3ccccc3)CC[C@@H](c3ccccc3)C2)c2ccccc2-c2ccccc21. The summed E-state index contributed by atoms with van der Waals surface area (Å²) in [6, 6.07) is 38.2. The fourth-order valence-electron chi connectivity index (χ4n) is 6.30. The molecule has 0 unspecified atom stereocenters. The Morgan fingerprint density at radius 1 is 0.722 bits per heavy atom. The fourth-order valence-corrected chi connectivity index (χ4v) is 6.30. The minimum atomic E-state index is -1.05. The van der Waals surface area contributed by atoms with Gasteiger partial charge < -0.3 is 9.59 Å². The lowest BCUT2D eigenvalue weighted by atomic mass is 9.88. The highest BCUT2D eigenvalue weighted by molar-refractivity contribution is 5.80. The Morgan fingerprint density at radius 3 is 1.97 bits per heavy atom. The molecule has 6 rings (SSSR count). The van der Waals surface area contributed by atoms with Crippen LogP contribution in [0, 0.1) is 11.8 Å². The molecule has 4 aromatic carbocycles. The van der Waals surface area contributed by atoms with Crippen LogP contribution in [0.4, 0.5) is 0 Å². The lowest BCUT2D eigenvalue weighted by molar-refractivity contribution is -0.923. The van der Waals surface area contributed by atoms with E-state index in [4.69, 9.17) is 0 Å². The van der Waals surface area contributed by atoms with Crippen molar-refractivity contribution in [3.05, 3.63) is 131 Å². The highest BCUT2D eigenvalue weighted by atomic mass is 16.3. The second-order valence-electron chi connectivity index (χ2n) is 10.4. The van der Waals surface area contributed by atoms with Crippen LogP contribution in [0.5, 0.6) is 0 Å².